The fourth-order valence-corrected chi connectivity index (χ4v) is 1.94. The van der Waals surface area contributed by atoms with E-state index < -0.39 is 0 Å². The van der Waals surface area contributed by atoms with Crippen LogP contribution in [0.5, 0.6) is 0 Å². The van der Waals surface area contributed by atoms with E-state index in [4.69, 9.17) is 0 Å². The van der Waals surface area contributed by atoms with E-state index in [1.54, 1.807) is 11.3 Å². The van der Waals surface area contributed by atoms with Crippen molar-refractivity contribution in [3.63, 3.8) is 0 Å². The monoisotopic (exact) mass is 207 g/mol. The quantitative estimate of drug-likeness (QED) is 0.771. The standard InChI is InChI=1S/C10H13N3S/c1-2-3-6-13-8-9(11-12-13)10-5-4-7-14-10/h4-5,7-8H,2-3,6H2,1H3. The molecule has 0 aliphatic heterocycles. The van der Waals surface area contributed by atoms with E-state index in [1.165, 1.54) is 11.3 Å². The molecule has 0 bridgehead atoms. The predicted molar refractivity (Wildman–Crippen MR) is 58.2 cm³/mol. The summed E-state index contributed by atoms with van der Waals surface area (Å²) in [6.07, 6.45) is 4.36. The summed E-state index contributed by atoms with van der Waals surface area (Å²) in [7, 11) is 0. The molecule has 0 saturated heterocycles. The normalized spacial score (nSPS) is 10.6. The zero-order chi connectivity index (χ0) is 9.80. The van der Waals surface area contributed by atoms with Crippen LogP contribution in [-0.4, -0.2) is 15.0 Å². The third-order valence-corrected chi connectivity index (χ3v) is 2.95. The first-order chi connectivity index (χ1) is 6.90. The summed E-state index contributed by atoms with van der Waals surface area (Å²) in [5.74, 6) is 0. The minimum Gasteiger partial charge on any atom is -0.252 e. The molecule has 0 spiro atoms. The van der Waals surface area contributed by atoms with Gasteiger partial charge in [-0.15, -0.1) is 16.4 Å². The van der Waals surface area contributed by atoms with Crippen LogP contribution < -0.4 is 0 Å². The molecular formula is C10H13N3S. The largest absolute Gasteiger partial charge is 0.252 e. The number of aromatic nitrogens is 3. The molecule has 0 aliphatic carbocycles. The molecule has 0 amide bonds. The third-order valence-electron chi connectivity index (χ3n) is 2.05. The second-order valence-corrected chi connectivity index (χ2v) is 4.15. The van der Waals surface area contributed by atoms with Gasteiger partial charge >= 0.3 is 0 Å². The van der Waals surface area contributed by atoms with Gasteiger partial charge in [-0.05, 0) is 17.9 Å². The highest BCUT2D eigenvalue weighted by atomic mass is 32.1. The lowest BCUT2D eigenvalue weighted by Gasteiger charge is -1.95. The average Bonchev–Trinajstić information content (AvgIpc) is 2.85. The SMILES string of the molecule is CCCCn1cc(-c2cccs2)nn1. The number of nitrogens with zero attached hydrogens (tertiary/aromatic N) is 3. The van der Waals surface area contributed by atoms with E-state index in [9.17, 15) is 0 Å². The molecule has 74 valence electrons. The third kappa shape index (κ3) is 2.01. The maximum Gasteiger partial charge on any atom is 0.122 e. The van der Waals surface area contributed by atoms with Crippen LogP contribution in [0.4, 0.5) is 0 Å². The van der Waals surface area contributed by atoms with Gasteiger partial charge in [-0.25, -0.2) is 0 Å². The molecule has 3 nitrogen and oxygen atoms in total. The zero-order valence-electron chi connectivity index (χ0n) is 8.18. The molecule has 0 radical (unpaired) electrons. The van der Waals surface area contributed by atoms with E-state index in [2.05, 4.69) is 28.7 Å². The van der Waals surface area contributed by atoms with Gasteiger partial charge in [-0.1, -0.05) is 24.6 Å². The maximum absolute atomic E-state index is 4.13. The molecular weight excluding hydrogens is 194 g/mol. The smallest absolute Gasteiger partial charge is 0.122 e. The summed E-state index contributed by atoms with van der Waals surface area (Å²) in [4.78, 5) is 1.19. The Morgan fingerprint density at radius 1 is 1.50 bits per heavy atom. The molecule has 2 aromatic heterocycles. The molecule has 0 fully saturated rings. The Kier molecular flexibility index (Phi) is 2.93. The van der Waals surface area contributed by atoms with Crippen LogP contribution in [0.2, 0.25) is 0 Å². The number of aryl methyl sites for hydroxylation is 1. The van der Waals surface area contributed by atoms with Crippen LogP contribution in [0, 0.1) is 0 Å². The Bertz CT molecular complexity index is 378. The summed E-state index contributed by atoms with van der Waals surface area (Å²) < 4.78 is 1.92. The Balaban J connectivity index is 2.10. The Hall–Kier alpha value is -1.16. The van der Waals surface area contributed by atoms with Gasteiger partial charge in [0.1, 0.15) is 5.69 Å². The number of thiophene rings is 1. The number of hydrogen-bond donors (Lipinski definition) is 0. The second kappa shape index (κ2) is 4.37. The maximum atomic E-state index is 4.13. The van der Waals surface area contributed by atoms with Crippen molar-refractivity contribution >= 4 is 11.3 Å². The molecule has 0 aromatic carbocycles. The van der Waals surface area contributed by atoms with Crippen LogP contribution in [0.15, 0.2) is 23.7 Å². The van der Waals surface area contributed by atoms with Gasteiger partial charge in [0, 0.05) is 6.54 Å². The number of rotatable bonds is 4. The lowest BCUT2D eigenvalue weighted by atomic mass is 10.3. The van der Waals surface area contributed by atoms with Gasteiger partial charge in [0.25, 0.3) is 0 Å². The fraction of sp³-hybridized carbons (Fsp3) is 0.400. The molecule has 14 heavy (non-hydrogen) atoms. The van der Waals surface area contributed by atoms with Crippen molar-refractivity contribution < 1.29 is 0 Å². The highest BCUT2D eigenvalue weighted by Gasteiger charge is 2.03. The summed E-state index contributed by atoms with van der Waals surface area (Å²) in [5, 5.41) is 10.3. The zero-order valence-corrected chi connectivity index (χ0v) is 9.00. The molecule has 2 heterocycles. The Morgan fingerprint density at radius 3 is 3.14 bits per heavy atom. The topological polar surface area (TPSA) is 30.7 Å². The summed E-state index contributed by atoms with van der Waals surface area (Å²) in [6.45, 7) is 3.14. The second-order valence-electron chi connectivity index (χ2n) is 3.20. The van der Waals surface area contributed by atoms with Crippen molar-refractivity contribution in [3.05, 3.63) is 23.7 Å². The molecule has 0 saturated carbocycles. The molecule has 0 atom stereocenters. The van der Waals surface area contributed by atoms with Crippen LogP contribution in [0.25, 0.3) is 10.6 Å². The van der Waals surface area contributed by atoms with E-state index in [0.717, 1.165) is 18.7 Å². The number of unbranched alkanes of at least 4 members (excludes halogenated alkanes) is 1. The molecule has 0 aliphatic rings. The van der Waals surface area contributed by atoms with E-state index in [-0.39, 0.29) is 0 Å². The van der Waals surface area contributed by atoms with Gasteiger partial charge in [-0.2, -0.15) is 0 Å². The van der Waals surface area contributed by atoms with Crippen LogP contribution in [0.3, 0.4) is 0 Å². The lowest BCUT2D eigenvalue weighted by molar-refractivity contribution is 0.553. The lowest BCUT2D eigenvalue weighted by Crippen LogP contribution is -1.97. The van der Waals surface area contributed by atoms with Gasteiger partial charge in [0.15, 0.2) is 0 Å². The first kappa shape index (κ1) is 9.40. The fourth-order valence-electron chi connectivity index (χ4n) is 1.27. The van der Waals surface area contributed by atoms with Crippen molar-refractivity contribution in [3.8, 4) is 10.6 Å². The van der Waals surface area contributed by atoms with Crippen LogP contribution in [0.1, 0.15) is 19.8 Å². The molecule has 0 unspecified atom stereocenters. The highest BCUT2D eigenvalue weighted by Crippen LogP contribution is 2.21. The first-order valence-corrected chi connectivity index (χ1v) is 5.72. The van der Waals surface area contributed by atoms with Gasteiger partial charge in [-0.3, -0.25) is 4.68 Å². The summed E-state index contributed by atoms with van der Waals surface area (Å²) >= 11 is 1.70. The van der Waals surface area contributed by atoms with E-state index in [0.29, 0.717) is 0 Å². The summed E-state index contributed by atoms with van der Waals surface area (Å²) in [6, 6.07) is 4.10. The Labute approximate surface area is 87.4 Å². The van der Waals surface area contributed by atoms with Crippen molar-refractivity contribution in [1.29, 1.82) is 0 Å². The van der Waals surface area contributed by atoms with Crippen molar-refractivity contribution in [1.82, 2.24) is 15.0 Å². The first-order valence-electron chi connectivity index (χ1n) is 4.84. The van der Waals surface area contributed by atoms with Crippen LogP contribution >= 0.6 is 11.3 Å². The van der Waals surface area contributed by atoms with Crippen molar-refractivity contribution in [2.75, 3.05) is 0 Å². The van der Waals surface area contributed by atoms with Crippen LogP contribution in [-0.2, 0) is 6.54 Å². The molecule has 2 rings (SSSR count). The van der Waals surface area contributed by atoms with Gasteiger partial charge in [0.2, 0.25) is 0 Å². The minimum absolute atomic E-state index is 0.967. The summed E-state index contributed by atoms with van der Waals surface area (Å²) in [5.41, 5.74) is 0.983. The molecule has 4 heteroatoms. The number of hydrogen-bond acceptors (Lipinski definition) is 3. The van der Waals surface area contributed by atoms with Crippen molar-refractivity contribution in [2.24, 2.45) is 0 Å². The van der Waals surface area contributed by atoms with E-state index in [1.807, 2.05) is 16.9 Å². The molecule has 0 N–H and O–H groups in total. The average molecular weight is 207 g/mol. The van der Waals surface area contributed by atoms with Crippen molar-refractivity contribution in [2.45, 2.75) is 26.3 Å². The minimum atomic E-state index is 0.967. The Morgan fingerprint density at radius 2 is 2.43 bits per heavy atom. The van der Waals surface area contributed by atoms with Gasteiger partial charge in [0.05, 0.1) is 11.1 Å². The predicted octanol–water partition coefficient (Wildman–Crippen LogP) is 2.81. The van der Waals surface area contributed by atoms with E-state index >= 15 is 0 Å². The highest BCUT2D eigenvalue weighted by molar-refractivity contribution is 7.13. The van der Waals surface area contributed by atoms with Gasteiger partial charge < -0.3 is 0 Å². The molecule has 2 aromatic rings.